The maximum Gasteiger partial charge on any atom is 0.341 e. The quantitative estimate of drug-likeness (QED) is 0.804. The number of ether oxygens (including phenoxy) is 2. The van der Waals surface area contributed by atoms with Crippen LogP contribution in [0.4, 0.5) is 5.69 Å². The molecular weight excluding hydrogens is 360 g/mol. The number of nitrogens with two attached hydrogens (primary N) is 1. The molecular formula is C21H22N2O5. The largest absolute Gasteiger partial charge is 0.462 e. The Kier molecular flexibility index (Phi) is 4.25. The SMILES string of the molecule is CCOC(=O)C1=C(N)OC2=C(C(=O)CCC2)C12C(=O)N(CC)c1ccccc12. The van der Waals surface area contributed by atoms with Crippen LogP contribution in [0.2, 0.25) is 0 Å². The lowest BCUT2D eigenvalue weighted by Gasteiger charge is -2.38. The number of Topliss-reactive ketones (excluding diaryl/α,β-unsaturated/α-hetero) is 1. The fourth-order valence-electron chi connectivity index (χ4n) is 4.54. The Morgan fingerprint density at radius 1 is 1.25 bits per heavy atom. The number of para-hydroxylation sites is 1. The van der Waals surface area contributed by atoms with E-state index >= 15 is 0 Å². The smallest absolute Gasteiger partial charge is 0.341 e. The summed E-state index contributed by atoms with van der Waals surface area (Å²) in [7, 11) is 0. The van der Waals surface area contributed by atoms with Gasteiger partial charge in [0.05, 0.1) is 12.2 Å². The van der Waals surface area contributed by atoms with Crippen molar-refractivity contribution in [3.63, 3.8) is 0 Å². The summed E-state index contributed by atoms with van der Waals surface area (Å²) in [5, 5.41) is 0. The highest BCUT2D eigenvalue weighted by molar-refractivity contribution is 6.23. The molecule has 7 heteroatoms. The fraction of sp³-hybridized carbons (Fsp3) is 0.381. The highest BCUT2D eigenvalue weighted by atomic mass is 16.5. The summed E-state index contributed by atoms with van der Waals surface area (Å²) in [6.07, 6.45) is 1.39. The molecule has 2 heterocycles. The zero-order valence-electron chi connectivity index (χ0n) is 15.9. The van der Waals surface area contributed by atoms with E-state index in [4.69, 9.17) is 15.2 Å². The van der Waals surface area contributed by atoms with Gasteiger partial charge in [0.2, 0.25) is 11.8 Å². The lowest BCUT2D eigenvalue weighted by Crippen LogP contribution is -2.51. The first kappa shape index (κ1) is 18.3. The molecule has 1 aromatic carbocycles. The standard InChI is InChI=1S/C21H22N2O5/c1-3-23-13-9-6-5-8-12(13)21(20(23)26)16-14(24)10-7-11-15(16)28-18(22)17(21)19(25)27-4-2/h5-6,8-9H,3-4,7,10-11,22H2,1-2H3. The van der Waals surface area contributed by atoms with Crippen molar-refractivity contribution in [2.75, 3.05) is 18.1 Å². The first-order valence-electron chi connectivity index (χ1n) is 9.51. The van der Waals surface area contributed by atoms with E-state index in [1.807, 2.05) is 19.1 Å². The predicted molar refractivity (Wildman–Crippen MR) is 101 cm³/mol. The molecule has 1 spiro atoms. The topological polar surface area (TPSA) is 98.9 Å². The summed E-state index contributed by atoms with van der Waals surface area (Å²) < 4.78 is 10.9. The second kappa shape index (κ2) is 6.51. The summed E-state index contributed by atoms with van der Waals surface area (Å²) in [5.74, 6) is -1.10. The maximum absolute atomic E-state index is 13.8. The van der Waals surface area contributed by atoms with Crippen LogP contribution in [0, 0.1) is 0 Å². The molecule has 7 nitrogen and oxygen atoms in total. The number of allylic oxidation sites excluding steroid dienone is 1. The number of carbonyl (C=O) groups is 3. The van der Waals surface area contributed by atoms with Gasteiger partial charge in [0.25, 0.3) is 0 Å². The average Bonchev–Trinajstić information content (AvgIpc) is 2.90. The molecule has 146 valence electrons. The molecule has 0 fully saturated rings. The average molecular weight is 382 g/mol. The number of likely N-dealkylation sites (N-methyl/N-ethyl adjacent to an activating group) is 1. The molecule has 0 aromatic heterocycles. The molecule has 2 aliphatic heterocycles. The van der Waals surface area contributed by atoms with Gasteiger partial charge in [0.1, 0.15) is 16.7 Å². The van der Waals surface area contributed by atoms with Crippen LogP contribution in [-0.2, 0) is 29.3 Å². The molecule has 28 heavy (non-hydrogen) atoms. The summed E-state index contributed by atoms with van der Waals surface area (Å²) in [6, 6.07) is 7.19. The number of ketones is 1. The second-order valence-electron chi connectivity index (χ2n) is 6.95. The van der Waals surface area contributed by atoms with E-state index in [0.29, 0.717) is 42.8 Å². The Balaban J connectivity index is 2.10. The van der Waals surface area contributed by atoms with Crippen LogP contribution < -0.4 is 10.6 Å². The third kappa shape index (κ3) is 2.19. The number of hydrogen-bond donors (Lipinski definition) is 1. The third-order valence-electron chi connectivity index (χ3n) is 5.56. The van der Waals surface area contributed by atoms with Crippen molar-refractivity contribution >= 4 is 23.3 Å². The first-order valence-corrected chi connectivity index (χ1v) is 9.51. The van der Waals surface area contributed by atoms with Gasteiger partial charge in [-0.25, -0.2) is 4.79 Å². The molecule has 4 rings (SSSR count). The lowest BCUT2D eigenvalue weighted by molar-refractivity contribution is -0.141. The molecule has 0 radical (unpaired) electrons. The van der Waals surface area contributed by atoms with Crippen LogP contribution in [0.15, 0.2) is 47.1 Å². The summed E-state index contributed by atoms with van der Waals surface area (Å²) in [6.45, 7) is 4.02. The summed E-state index contributed by atoms with van der Waals surface area (Å²) >= 11 is 0. The zero-order valence-corrected chi connectivity index (χ0v) is 15.9. The van der Waals surface area contributed by atoms with Crippen molar-refractivity contribution in [3.05, 3.63) is 52.6 Å². The van der Waals surface area contributed by atoms with Crippen molar-refractivity contribution in [2.45, 2.75) is 38.5 Å². The maximum atomic E-state index is 13.8. The highest BCUT2D eigenvalue weighted by Gasteiger charge is 2.63. The Hall–Kier alpha value is -3.09. The Bertz CT molecular complexity index is 961. The molecule has 2 N–H and O–H groups in total. The highest BCUT2D eigenvalue weighted by Crippen LogP contribution is 2.55. The van der Waals surface area contributed by atoms with Crippen LogP contribution in [0.1, 0.15) is 38.7 Å². The van der Waals surface area contributed by atoms with E-state index in [1.54, 1.807) is 24.0 Å². The number of benzene rings is 1. The molecule has 1 amide bonds. The fourth-order valence-corrected chi connectivity index (χ4v) is 4.54. The Morgan fingerprint density at radius 2 is 2.00 bits per heavy atom. The molecule has 1 unspecified atom stereocenters. The minimum Gasteiger partial charge on any atom is -0.462 e. The number of anilines is 1. The minimum absolute atomic E-state index is 0.100. The van der Waals surface area contributed by atoms with Crippen molar-refractivity contribution in [2.24, 2.45) is 5.73 Å². The minimum atomic E-state index is -1.62. The third-order valence-corrected chi connectivity index (χ3v) is 5.56. The van der Waals surface area contributed by atoms with Crippen LogP contribution >= 0.6 is 0 Å². The monoisotopic (exact) mass is 382 g/mol. The molecule has 1 atom stereocenters. The van der Waals surface area contributed by atoms with Gasteiger partial charge in [-0.1, -0.05) is 18.2 Å². The van der Waals surface area contributed by atoms with Crippen LogP contribution in [0.3, 0.4) is 0 Å². The lowest BCUT2D eigenvalue weighted by atomic mass is 9.64. The Morgan fingerprint density at radius 3 is 2.71 bits per heavy atom. The van der Waals surface area contributed by atoms with E-state index in [0.717, 1.165) is 0 Å². The number of esters is 1. The van der Waals surface area contributed by atoms with E-state index in [-0.39, 0.29) is 35.3 Å². The van der Waals surface area contributed by atoms with Crippen LogP contribution in [0.5, 0.6) is 0 Å². The van der Waals surface area contributed by atoms with Gasteiger partial charge in [0, 0.05) is 30.6 Å². The van der Waals surface area contributed by atoms with E-state index in [2.05, 4.69) is 0 Å². The second-order valence-corrected chi connectivity index (χ2v) is 6.95. The van der Waals surface area contributed by atoms with Gasteiger partial charge in [-0.15, -0.1) is 0 Å². The zero-order chi connectivity index (χ0) is 20.1. The van der Waals surface area contributed by atoms with Gasteiger partial charge in [-0.3, -0.25) is 9.59 Å². The number of rotatable bonds is 3. The number of amides is 1. The van der Waals surface area contributed by atoms with E-state index in [1.165, 1.54) is 0 Å². The van der Waals surface area contributed by atoms with Crippen molar-refractivity contribution in [3.8, 4) is 0 Å². The summed E-state index contributed by atoms with van der Waals surface area (Å²) in [4.78, 5) is 41.4. The van der Waals surface area contributed by atoms with Crippen molar-refractivity contribution in [1.29, 1.82) is 0 Å². The number of fused-ring (bicyclic) bond motifs is 3. The molecule has 3 aliphatic rings. The summed E-state index contributed by atoms with van der Waals surface area (Å²) in [5.41, 5.74) is 5.90. The van der Waals surface area contributed by atoms with Gasteiger partial charge in [0.15, 0.2) is 5.78 Å². The first-order chi connectivity index (χ1) is 13.5. The van der Waals surface area contributed by atoms with Crippen LogP contribution in [-0.4, -0.2) is 30.8 Å². The number of nitrogens with zero attached hydrogens (tertiary/aromatic N) is 1. The normalized spacial score (nSPS) is 23.7. The molecule has 0 bridgehead atoms. The van der Waals surface area contributed by atoms with E-state index in [9.17, 15) is 14.4 Å². The number of hydrogen-bond acceptors (Lipinski definition) is 6. The van der Waals surface area contributed by atoms with E-state index < -0.39 is 11.4 Å². The molecule has 0 saturated heterocycles. The van der Waals surface area contributed by atoms with Crippen molar-refractivity contribution in [1.82, 2.24) is 0 Å². The number of carbonyl (C=O) groups excluding carboxylic acids is 3. The van der Waals surface area contributed by atoms with Gasteiger partial charge in [-0.05, 0) is 26.3 Å². The van der Waals surface area contributed by atoms with Gasteiger partial charge in [-0.2, -0.15) is 0 Å². The molecule has 1 aliphatic carbocycles. The Labute approximate surface area is 162 Å². The van der Waals surface area contributed by atoms with Crippen molar-refractivity contribution < 1.29 is 23.9 Å². The molecule has 0 saturated carbocycles. The van der Waals surface area contributed by atoms with Crippen LogP contribution in [0.25, 0.3) is 0 Å². The van der Waals surface area contributed by atoms with Gasteiger partial charge >= 0.3 is 5.97 Å². The predicted octanol–water partition coefficient (Wildman–Crippen LogP) is 2.06. The van der Waals surface area contributed by atoms with Gasteiger partial charge < -0.3 is 20.1 Å². The molecule has 1 aromatic rings.